The number of amides is 1. The highest BCUT2D eigenvalue weighted by Gasteiger charge is 2.47. The van der Waals surface area contributed by atoms with Gasteiger partial charge < -0.3 is 15.4 Å². The fourth-order valence-electron chi connectivity index (χ4n) is 3.53. The molecule has 0 radical (unpaired) electrons. The quantitative estimate of drug-likeness (QED) is 0.725. The standard InChI is InChI=1S/C16H22N4O4S/c1-20-15(17)19-16(10-25(20,22)23)7-3-4-11-5-6-12(8-13(11)16)18-14(21)9-24-2/h5-6,8H,3-4,7,9-10H2,1-2H3,(H2,17,19)(H,18,21)/t16-/m0/s1. The minimum atomic E-state index is -3.57. The molecule has 9 heteroatoms. The first-order valence-corrected chi connectivity index (χ1v) is 9.64. The number of methoxy groups -OCH3 is 1. The van der Waals surface area contributed by atoms with Crippen molar-refractivity contribution < 1.29 is 17.9 Å². The van der Waals surface area contributed by atoms with Crippen molar-refractivity contribution in [1.82, 2.24) is 9.62 Å². The molecule has 1 aliphatic heterocycles. The average molecular weight is 366 g/mol. The number of aryl methyl sites for hydroxylation is 1. The van der Waals surface area contributed by atoms with Crippen molar-refractivity contribution in [3.05, 3.63) is 29.3 Å². The van der Waals surface area contributed by atoms with E-state index >= 15 is 0 Å². The number of anilines is 1. The van der Waals surface area contributed by atoms with E-state index in [1.807, 2.05) is 12.1 Å². The smallest absolute Gasteiger partial charge is 0.250 e. The zero-order valence-corrected chi connectivity index (χ0v) is 15.1. The van der Waals surface area contributed by atoms with Crippen molar-refractivity contribution >= 4 is 27.6 Å². The molecule has 1 atom stereocenters. The number of benzene rings is 1. The Bertz CT molecular complexity index is 823. The van der Waals surface area contributed by atoms with Crippen molar-refractivity contribution in [2.45, 2.75) is 24.8 Å². The number of nitrogens with zero attached hydrogens (tertiary/aromatic N) is 1. The lowest BCUT2D eigenvalue weighted by molar-refractivity contribution is -0.119. The van der Waals surface area contributed by atoms with Gasteiger partial charge in [0.2, 0.25) is 21.9 Å². The lowest BCUT2D eigenvalue weighted by Crippen LogP contribution is -2.63. The maximum absolute atomic E-state index is 12.5. The molecule has 0 aromatic heterocycles. The first kappa shape index (κ1) is 17.7. The van der Waals surface area contributed by atoms with Crippen molar-refractivity contribution in [3.63, 3.8) is 0 Å². The molecule has 8 nitrogen and oxygen atoms in total. The van der Waals surface area contributed by atoms with Gasteiger partial charge in [-0.25, -0.2) is 12.7 Å². The number of fused-ring (bicyclic) bond motifs is 2. The third-order valence-electron chi connectivity index (χ3n) is 4.75. The molecule has 136 valence electrons. The Morgan fingerprint density at radius 1 is 1.48 bits per heavy atom. The van der Waals surface area contributed by atoms with Crippen LogP contribution in [0.1, 0.15) is 24.0 Å². The summed E-state index contributed by atoms with van der Waals surface area (Å²) in [6, 6.07) is 5.53. The molecule has 0 saturated carbocycles. The van der Waals surface area contributed by atoms with Crippen LogP contribution in [0.2, 0.25) is 0 Å². The number of hydrogen-bond donors (Lipinski definition) is 3. The summed E-state index contributed by atoms with van der Waals surface area (Å²) in [4.78, 5) is 11.8. The number of hydrogen-bond acceptors (Lipinski definition) is 5. The fourth-order valence-corrected chi connectivity index (χ4v) is 5.04. The predicted octanol–water partition coefficient (Wildman–Crippen LogP) is 0.603. The van der Waals surface area contributed by atoms with Gasteiger partial charge in [0.1, 0.15) is 6.61 Å². The summed E-state index contributed by atoms with van der Waals surface area (Å²) in [6.07, 6.45) is 2.29. The molecular formula is C16H22N4O4S. The zero-order valence-electron chi connectivity index (χ0n) is 14.3. The summed E-state index contributed by atoms with van der Waals surface area (Å²) >= 11 is 0. The summed E-state index contributed by atoms with van der Waals surface area (Å²) in [5.74, 6) is -0.515. The van der Waals surface area contributed by atoms with E-state index in [4.69, 9.17) is 10.1 Å². The number of guanidine groups is 1. The molecule has 0 unspecified atom stereocenters. The summed E-state index contributed by atoms with van der Waals surface area (Å²) in [5.41, 5.74) is 1.62. The molecule has 2 aliphatic rings. The van der Waals surface area contributed by atoms with Gasteiger partial charge in [-0.3, -0.25) is 10.2 Å². The average Bonchev–Trinajstić information content (AvgIpc) is 2.53. The molecule has 25 heavy (non-hydrogen) atoms. The summed E-state index contributed by atoms with van der Waals surface area (Å²) in [6.45, 7) is -0.0513. The molecular weight excluding hydrogens is 344 g/mol. The molecule has 1 aliphatic carbocycles. The van der Waals surface area contributed by atoms with Crippen molar-refractivity contribution in [2.24, 2.45) is 0 Å². The zero-order chi connectivity index (χ0) is 18.2. The van der Waals surface area contributed by atoms with Crippen molar-refractivity contribution in [2.75, 3.05) is 31.8 Å². The third-order valence-corrected chi connectivity index (χ3v) is 6.63. The van der Waals surface area contributed by atoms with E-state index in [-0.39, 0.29) is 24.2 Å². The largest absolute Gasteiger partial charge is 0.375 e. The highest BCUT2D eigenvalue weighted by atomic mass is 32.2. The number of sulfonamides is 1. The van der Waals surface area contributed by atoms with Crippen LogP contribution >= 0.6 is 0 Å². The van der Waals surface area contributed by atoms with E-state index in [1.54, 1.807) is 6.07 Å². The molecule has 3 N–H and O–H groups in total. The molecule has 1 amide bonds. The lowest BCUT2D eigenvalue weighted by Gasteiger charge is -2.45. The van der Waals surface area contributed by atoms with E-state index in [0.29, 0.717) is 12.1 Å². The van der Waals surface area contributed by atoms with Crippen LogP contribution < -0.4 is 10.6 Å². The van der Waals surface area contributed by atoms with Gasteiger partial charge in [0.15, 0.2) is 0 Å². The van der Waals surface area contributed by atoms with Crippen LogP contribution in [0.3, 0.4) is 0 Å². The third kappa shape index (κ3) is 3.21. The highest BCUT2D eigenvalue weighted by molar-refractivity contribution is 7.89. The summed E-state index contributed by atoms with van der Waals surface area (Å²) < 4.78 is 30.7. The van der Waals surface area contributed by atoms with Crippen LogP contribution in [0.5, 0.6) is 0 Å². The van der Waals surface area contributed by atoms with Gasteiger partial charge >= 0.3 is 0 Å². The van der Waals surface area contributed by atoms with Crippen LogP contribution in [0.25, 0.3) is 0 Å². The van der Waals surface area contributed by atoms with Crippen molar-refractivity contribution in [3.8, 4) is 0 Å². The van der Waals surface area contributed by atoms with E-state index in [2.05, 4.69) is 10.6 Å². The monoisotopic (exact) mass is 366 g/mol. The Morgan fingerprint density at radius 3 is 2.92 bits per heavy atom. The molecule has 1 aromatic carbocycles. The minimum absolute atomic E-state index is 0.0513. The number of ether oxygens (including phenoxy) is 1. The maximum Gasteiger partial charge on any atom is 0.250 e. The Labute approximate surface area is 147 Å². The number of carbonyl (C=O) groups is 1. The van der Waals surface area contributed by atoms with E-state index in [1.165, 1.54) is 14.2 Å². The molecule has 1 aromatic rings. The molecule has 1 heterocycles. The topological polar surface area (TPSA) is 112 Å². The summed E-state index contributed by atoms with van der Waals surface area (Å²) in [7, 11) is -0.745. The van der Waals surface area contributed by atoms with Crippen LogP contribution in [0.15, 0.2) is 18.2 Å². The highest BCUT2D eigenvalue weighted by Crippen LogP contribution is 2.40. The first-order chi connectivity index (χ1) is 11.8. The van der Waals surface area contributed by atoms with E-state index < -0.39 is 15.6 Å². The predicted molar refractivity (Wildman–Crippen MR) is 94.0 cm³/mol. The van der Waals surface area contributed by atoms with Crippen LogP contribution in [0, 0.1) is 5.41 Å². The van der Waals surface area contributed by atoms with Gasteiger partial charge in [-0.2, -0.15) is 0 Å². The van der Waals surface area contributed by atoms with E-state index in [0.717, 1.165) is 28.3 Å². The number of nitrogens with one attached hydrogen (secondary N) is 3. The second kappa shape index (κ2) is 6.30. The van der Waals surface area contributed by atoms with Gasteiger partial charge in [0, 0.05) is 19.8 Å². The molecule has 1 fully saturated rings. The maximum atomic E-state index is 12.5. The van der Waals surface area contributed by atoms with Gasteiger partial charge in [0.25, 0.3) is 0 Å². The molecule has 1 saturated heterocycles. The molecule has 0 bridgehead atoms. The first-order valence-electron chi connectivity index (χ1n) is 8.03. The second-order valence-electron chi connectivity index (χ2n) is 6.49. The lowest BCUT2D eigenvalue weighted by atomic mass is 9.77. The van der Waals surface area contributed by atoms with Gasteiger partial charge in [0.05, 0.1) is 11.3 Å². The van der Waals surface area contributed by atoms with Crippen LogP contribution in [0.4, 0.5) is 5.69 Å². The van der Waals surface area contributed by atoms with Crippen molar-refractivity contribution in [1.29, 1.82) is 5.41 Å². The van der Waals surface area contributed by atoms with Gasteiger partial charge in [-0.1, -0.05) is 6.07 Å². The van der Waals surface area contributed by atoms with Crippen LogP contribution in [-0.2, 0) is 31.5 Å². The van der Waals surface area contributed by atoms with Crippen LogP contribution in [-0.4, -0.2) is 51.1 Å². The Morgan fingerprint density at radius 2 is 2.24 bits per heavy atom. The fraction of sp³-hybridized carbons (Fsp3) is 0.500. The normalized spacial score (nSPS) is 24.6. The Balaban J connectivity index is 2.00. The Kier molecular flexibility index (Phi) is 4.46. The summed E-state index contributed by atoms with van der Waals surface area (Å²) in [5, 5.41) is 13.9. The Hall–Kier alpha value is -2.13. The number of carbonyl (C=O) groups excluding carboxylic acids is 1. The molecule has 3 rings (SSSR count). The minimum Gasteiger partial charge on any atom is -0.375 e. The SMILES string of the molecule is COCC(=O)Nc1ccc2c(c1)[C@]1(CCC2)CS(=O)(=O)N(C)C(=N)N1. The second-order valence-corrected chi connectivity index (χ2v) is 8.49. The van der Waals surface area contributed by atoms with Gasteiger partial charge in [-0.15, -0.1) is 0 Å². The number of rotatable bonds is 3. The van der Waals surface area contributed by atoms with Gasteiger partial charge in [-0.05, 0) is 42.5 Å². The molecule has 1 spiro atoms. The van der Waals surface area contributed by atoms with E-state index in [9.17, 15) is 13.2 Å².